The molecule has 0 aromatic heterocycles. The van der Waals surface area contributed by atoms with Crippen LogP contribution in [0.4, 0.5) is 0 Å². The van der Waals surface area contributed by atoms with E-state index in [1.165, 1.54) is 0 Å². The monoisotopic (exact) mass is 191 g/mol. The van der Waals surface area contributed by atoms with Crippen LogP contribution in [0, 0.1) is 0 Å². The van der Waals surface area contributed by atoms with E-state index in [2.05, 4.69) is 17.9 Å². The van der Waals surface area contributed by atoms with Crippen LogP contribution < -0.4 is 5.32 Å². The predicted molar refractivity (Wildman–Crippen MR) is 52.4 cm³/mol. The summed E-state index contributed by atoms with van der Waals surface area (Å²) in [5.74, 6) is 0.664. The lowest BCUT2D eigenvalue weighted by molar-refractivity contribution is -0.120. The van der Waals surface area contributed by atoms with Crippen LogP contribution in [0.3, 0.4) is 0 Å². The van der Waals surface area contributed by atoms with Crippen LogP contribution in [0.1, 0.15) is 25.7 Å². The van der Waals surface area contributed by atoms with Gasteiger partial charge in [-0.2, -0.15) is 12.6 Å². The van der Waals surface area contributed by atoms with Gasteiger partial charge in [0, 0.05) is 19.6 Å². The molecule has 0 unspecified atom stereocenters. The van der Waals surface area contributed by atoms with Crippen molar-refractivity contribution in [3.05, 3.63) is 0 Å². The third-order valence-electron chi connectivity index (χ3n) is 1.50. The van der Waals surface area contributed by atoms with Gasteiger partial charge in [0.15, 0.2) is 0 Å². The van der Waals surface area contributed by atoms with Crippen molar-refractivity contribution in [1.82, 2.24) is 5.32 Å². The SMILES string of the molecule is O=C(CCS)NCCCCCO. The maximum atomic E-state index is 10.9. The number of thiol groups is 1. The van der Waals surface area contributed by atoms with Crippen molar-refractivity contribution in [2.45, 2.75) is 25.7 Å². The molecule has 0 rings (SSSR count). The number of aliphatic hydroxyl groups is 1. The average molecular weight is 191 g/mol. The normalized spacial score (nSPS) is 9.83. The fraction of sp³-hybridized carbons (Fsp3) is 0.875. The maximum absolute atomic E-state index is 10.9. The predicted octanol–water partition coefficient (Wildman–Crippen LogP) is 0.585. The van der Waals surface area contributed by atoms with E-state index in [-0.39, 0.29) is 12.5 Å². The van der Waals surface area contributed by atoms with E-state index >= 15 is 0 Å². The number of nitrogens with one attached hydrogen (secondary N) is 1. The van der Waals surface area contributed by atoms with Crippen LogP contribution in [0.2, 0.25) is 0 Å². The molecule has 0 saturated carbocycles. The first-order valence-corrected chi connectivity index (χ1v) is 4.93. The summed E-state index contributed by atoms with van der Waals surface area (Å²) in [7, 11) is 0. The Kier molecular flexibility index (Phi) is 8.71. The molecule has 0 aliphatic rings. The van der Waals surface area contributed by atoms with Gasteiger partial charge in [-0.1, -0.05) is 0 Å². The van der Waals surface area contributed by atoms with E-state index in [0.29, 0.717) is 18.7 Å². The Labute approximate surface area is 79.0 Å². The number of aliphatic hydroxyl groups excluding tert-OH is 1. The molecule has 1 amide bonds. The number of unbranched alkanes of at least 4 members (excludes halogenated alkanes) is 2. The number of carbonyl (C=O) groups excluding carboxylic acids is 1. The highest BCUT2D eigenvalue weighted by atomic mass is 32.1. The molecule has 0 aromatic carbocycles. The minimum absolute atomic E-state index is 0.0639. The summed E-state index contributed by atoms with van der Waals surface area (Å²) in [5.41, 5.74) is 0. The fourth-order valence-electron chi connectivity index (χ4n) is 0.831. The van der Waals surface area contributed by atoms with Crippen molar-refractivity contribution < 1.29 is 9.90 Å². The molecule has 0 fully saturated rings. The number of hydrogen-bond donors (Lipinski definition) is 3. The van der Waals surface area contributed by atoms with Gasteiger partial charge in [0.05, 0.1) is 0 Å². The summed E-state index contributed by atoms with van der Waals surface area (Å²) in [5, 5.41) is 11.2. The highest BCUT2D eigenvalue weighted by Crippen LogP contribution is 1.92. The molecular weight excluding hydrogens is 174 g/mol. The van der Waals surface area contributed by atoms with E-state index in [4.69, 9.17) is 5.11 Å². The highest BCUT2D eigenvalue weighted by molar-refractivity contribution is 7.80. The van der Waals surface area contributed by atoms with Gasteiger partial charge in [-0.15, -0.1) is 0 Å². The third kappa shape index (κ3) is 7.88. The highest BCUT2D eigenvalue weighted by Gasteiger charge is 1.96. The van der Waals surface area contributed by atoms with Crippen LogP contribution in [-0.4, -0.2) is 29.9 Å². The van der Waals surface area contributed by atoms with E-state index < -0.39 is 0 Å². The van der Waals surface area contributed by atoms with Crippen LogP contribution in [0.25, 0.3) is 0 Å². The fourth-order valence-corrected chi connectivity index (χ4v) is 1.03. The lowest BCUT2D eigenvalue weighted by atomic mass is 10.2. The summed E-state index contributed by atoms with van der Waals surface area (Å²) in [6.07, 6.45) is 3.22. The van der Waals surface area contributed by atoms with Crippen molar-refractivity contribution >= 4 is 18.5 Å². The molecule has 0 radical (unpaired) electrons. The molecule has 0 spiro atoms. The minimum atomic E-state index is 0.0639. The molecular formula is C8H17NO2S. The minimum Gasteiger partial charge on any atom is -0.396 e. The van der Waals surface area contributed by atoms with Crippen LogP contribution in [-0.2, 0) is 4.79 Å². The molecule has 0 bridgehead atoms. The van der Waals surface area contributed by atoms with Crippen molar-refractivity contribution in [3.63, 3.8) is 0 Å². The van der Waals surface area contributed by atoms with Gasteiger partial charge >= 0.3 is 0 Å². The molecule has 0 saturated heterocycles. The van der Waals surface area contributed by atoms with Crippen molar-refractivity contribution in [2.24, 2.45) is 0 Å². The summed E-state index contributed by atoms with van der Waals surface area (Å²) >= 11 is 3.94. The molecule has 2 N–H and O–H groups in total. The third-order valence-corrected chi connectivity index (χ3v) is 1.72. The van der Waals surface area contributed by atoms with Gasteiger partial charge in [-0.05, 0) is 25.0 Å². The zero-order chi connectivity index (χ0) is 9.23. The Hall–Kier alpha value is -0.220. The lowest BCUT2D eigenvalue weighted by Crippen LogP contribution is -2.24. The Balaban J connectivity index is 3.03. The summed E-state index contributed by atoms with van der Waals surface area (Å²) in [6, 6.07) is 0. The van der Waals surface area contributed by atoms with Crippen LogP contribution in [0.15, 0.2) is 0 Å². The van der Waals surface area contributed by atoms with Gasteiger partial charge in [0.2, 0.25) is 5.91 Å². The van der Waals surface area contributed by atoms with Gasteiger partial charge in [-0.25, -0.2) is 0 Å². The molecule has 0 heterocycles. The molecule has 12 heavy (non-hydrogen) atoms. The van der Waals surface area contributed by atoms with Crippen LogP contribution >= 0.6 is 12.6 Å². The first kappa shape index (κ1) is 11.8. The standard InChI is InChI=1S/C8H17NO2S/c10-6-3-1-2-5-9-8(11)4-7-12/h10,12H,1-7H2,(H,9,11). The lowest BCUT2D eigenvalue weighted by Gasteiger charge is -2.02. The van der Waals surface area contributed by atoms with Crippen LogP contribution in [0.5, 0.6) is 0 Å². The van der Waals surface area contributed by atoms with Gasteiger partial charge in [-0.3, -0.25) is 4.79 Å². The number of rotatable bonds is 7. The zero-order valence-electron chi connectivity index (χ0n) is 7.25. The Morgan fingerprint density at radius 3 is 2.67 bits per heavy atom. The van der Waals surface area contributed by atoms with Gasteiger partial charge in [0.25, 0.3) is 0 Å². The smallest absolute Gasteiger partial charge is 0.220 e. The van der Waals surface area contributed by atoms with E-state index in [9.17, 15) is 4.79 Å². The molecule has 0 aromatic rings. The molecule has 3 nitrogen and oxygen atoms in total. The zero-order valence-corrected chi connectivity index (χ0v) is 8.15. The molecule has 0 aliphatic carbocycles. The summed E-state index contributed by atoms with van der Waals surface area (Å²) < 4.78 is 0. The maximum Gasteiger partial charge on any atom is 0.220 e. The van der Waals surface area contributed by atoms with Crippen molar-refractivity contribution in [3.8, 4) is 0 Å². The van der Waals surface area contributed by atoms with Crippen molar-refractivity contribution in [1.29, 1.82) is 0 Å². The quantitative estimate of drug-likeness (QED) is 0.407. The topological polar surface area (TPSA) is 49.3 Å². The van der Waals surface area contributed by atoms with E-state index in [1.807, 2.05) is 0 Å². The second kappa shape index (κ2) is 8.87. The van der Waals surface area contributed by atoms with Gasteiger partial charge < -0.3 is 10.4 Å². The first-order valence-electron chi connectivity index (χ1n) is 4.29. The Bertz CT molecular complexity index is 120. The summed E-state index contributed by atoms with van der Waals surface area (Å²) in [4.78, 5) is 10.9. The second-order valence-corrected chi connectivity index (χ2v) is 3.06. The Morgan fingerprint density at radius 2 is 2.08 bits per heavy atom. The number of amides is 1. The second-order valence-electron chi connectivity index (χ2n) is 2.61. The largest absolute Gasteiger partial charge is 0.396 e. The average Bonchev–Trinajstić information content (AvgIpc) is 2.05. The number of carbonyl (C=O) groups is 1. The molecule has 72 valence electrons. The molecule has 4 heteroatoms. The number of hydrogen-bond acceptors (Lipinski definition) is 3. The van der Waals surface area contributed by atoms with E-state index in [0.717, 1.165) is 19.3 Å². The summed E-state index contributed by atoms with van der Waals surface area (Å²) in [6.45, 7) is 0.956. The molecule has 0 aliphatic heterocycles. The van der Waals surface area contributed by atoms with Gasteiger partial charge in [0.1, 0.15) is 0 Å². The Morgan fingerprint density at radius 1 is 1.33 bits per heavy atom. The van der Waals surface area contributed by atoms with Crippen molar-refractivity contribution in [2.75, 3.05) is 18.9 Å². The van der Waals surface area contributed by atoms with E-state index in [1.54, 1.807) is 0 Å². The first-order chi connectivity index (χ1) is 5.81. The molecule has 0 atom stereocenters.